The molecule has 0 aromatic heterocycles. The van der Waals surface area contributed by atoms with Crippen molar-refractivity contribution in [3.63, 3.8) is 0 Å². The minimum Gasteiger partial charge on any atom is -0.481 e. The van der Waals surface area contributed by atoms with E-state index in [9.17, 15) is 23.2 Å². The molecule has 2 fully saturated rings. The van der Waals surface area contributed by atoms with Crippen molar-refractivity contribution in [3.8, 4) is 0 Å². The molecule has 1 aromatic rings. The standard InChI is InChI=1S/C18H21F2N3O4/c1-22-15(24)8-14(16(22)10-4-5-12(19)13(20)7-10)21-18(27)23-6-2-3-11(9-23)17(25)26/h4-5,7,11,14,16H,2-3,6,8-9H2,1H3,(H,21,27)(H,25,26). The van der Waals surface area contributed by atoms with Gasteiger partial charge in [0.25, 0.3) is 0 Å². The van der Waals surface area contributed by atoms with Crippen molar-refractivity contribution in [1.29, 1.82) is 0 Å². The Kier molecular flexibility index (Phi) is 5.29. The lowest BCUT2D eigenvalue weighted by Crippen LogP contribution is -2.50. The highest BCUT2D eigenvalue weighted by Crippen LogP contribution is 2.33. The minimum atomic E-state index is -1.02. The van der Waals surface area contributed by atoms with Gasteiger partial charge in [-0.2, -0.15) is 0 Å². The molecule has 2 saturated heterocycles. The maximum Gasteiger partial charge on any atom is 0.317 e. The number of rotatable bonds is 3. The van der Waals surface area contributed by atoms with E-state index in [4.69, 9.17) is 5.11 Å². The number of amides is 3. The van der Waals surface area contributed by atoms with Crippen LogP contribution in [0.5, 0.6) is 0 Å². The number of piperidine rings is 1. The van der Waals surface area contributed by atoms with Crippen LogP contribution in [-0.2, 0) is 9.59 Å². The zero-order chi connectivity index (χ0) is 19.7. The van der Waals surface area contributed by atoms with Gasteiger partial charge in [0.1, 0.15) is 0 Å². The molecule has 3 atom stereocenters. The quantitative estimate of drug-likeness (QED) is 0.835. The molecule has 2 N–H and O–H groups in total. The second kappa shape index (κ2) is 7.50. The number of nitrogens with one attached hydrogen (secondary N) is 1. The van der Waals surface area contributed by atoms with Crippen LogP contribution in [0.1, 0.15) is 30.9 Å². The number of likely N-dealkylation sites (N-methyl/N-ethyl adjacent to an activating group) is 1. The third kappa shape index (κ3) is 3.86. The number of aliphatic carboxylic acids is 1. The fourth-order valence-corrected chi connectivity index (χ4v) is 3.76. The van der Waals surface area contributed by atoms with Crippen LogP contribution in [0.25, 0.3) is 0 Å². The molecule has 2 aliphatic rings. The fourth-order valence-electron chi connectivity index (χ4n) is 3.76. The lowest BCUT2D eigenvalue weighted by Gasteiger charge is -2.33. The first-order valence-corrected chi connectivity index (χ1v) is 8.76. The topological polar surface area (TPSA) is 90.0 Å². The Bertz CT molecular complexity index is 773. The number of carboxylic acid groups (broad SMARTS) is 1. The van der Waals surface area contributed by atoms with Gasteiger partial charge < -0.3 is 20.2 Å². The van der Waals surface area contributed by atoms with E-state index >= 15 is 0 Å². The number of benzene rings is 1. The van der Waals surface area contributed by atoms with Crippen LogP contribution in [0.2, 0.25) is 0 Å². The number of nitrogens with zero attached hydrogens (tertiary/aromatic N) is 2. The number of urea groups is 1. The van der Waals surface area contributed by atoms with Gasteiger partial charge in [-0.25, -0.2) is 13.6 Å². The van der Waals surface area contributed by atoms with Crippen LogP contribution in [-0.4, -0.2) is 59.0 Å². The SMILES string of the molecule is CN1C(=O)CC(NC(=O)N2CCCC(C(=O)O)C2)C1c1ccc(F)c(F)c1. The Hall–Kier alpha value is -2.71. The van der Waals surface area contributed by atoms with Crippen molar-refractivity contribution in [3.05, 3.63) is 35.4 Å². The normalized spacial score (nSPS) is 25.6. The van der Waals surface area contributed by atoms with Crippen LogP contribution >= 0.6 is 0 Å². The first-order valence-electron chi connectivity index (χ1n) is 8.76. The predicted octanol–water partition coefficient (Wildman–Crippen LogP) is 1.74. The van der Waals surface area contributed by atoms with Gasteiger partial charge in [0.05, 0.1) is 18.0 Å². The first kappa shape index (κ1) is 19.1. The number of carbonyl (C=O) groups is 3. The minimum absolute atomic E-state index is 0.0299. The fraction of sp³-hybridized carbons (Fsp3) is 0.500. The van der Waals surface area contributed by atoms with Crippen LogP contribution < -0.4 is 5.32 Å². The average molecular weight is 381 g/mol. The van der Waals surface area contributed by atoms with Crippen LogP contribution in [0, 0.1) is 17.6 Å². The van der Waals surface area contributed by atoms with E-state index in [0.29, 0.717) is 24.9 Å². The van der Waals surface area contributed by atoms with Crippen molar-refractivity contribution >= 4 is 17.9 Å². The summed E-state index contributed by atoms with van der Waals surface area (Å²) >= 11 is 0. The maximum atomic E-state index is 13.6. The Morgan fingerprint density at radius 2 is 2.00 bits per heavy atom. The third-order valence-corrected chi connectivity index (χ3v) is 5.24. The van der Waals surface area contributed by atoms with Gasteiger partial charge in [0.2, 0.25) is 5.91 Å². The molecule has 7 nitrogen and oxygen atoms in total. The van der Waals surface area contributed by atoms with E-state index < -0.39 is 41.6 Å². The van der Waals surface area contributed by atoms with Gasteiger partial charge in [0, 0.05) is 26.6 Å². The highest BCUT2D eigenvalue weighted by molar-refractivity contribution is 5.83. The lowest BCUT2D eigenvalue weighted by molar-refractivity contribution is -0.143. The number of halogens is 2. The highest BCUT2D eigenvalue weighted by Gasteiger charge is 2.40. The van der Waals surface area contributed by atoms with Crippen molar-refractivity contribution in [2.75, 3.05) is 20.1 Å². The van der Waals surface area contributed by atoms with E-state index in [1.807, 2.05) is 0 Å². The molecule has 1 aromatic carbocycles. The molecular formula is C18H21F2N3O4. The molecule has 0 radical (unpaired) electrons. The molecule has 27 heavy (non-hydrogen) atoms. The van der Waals surface area contributed by atoms with Crippen LogP contribution in [0.3, 0.4) is 0 Å². The molecule has 2 aliphatic heterocycles. The predicted molar refractivity (Wildman–Crippen MR) is 90.7 cm³/mol. The van der Waals surface area contributed by atoms with Gasteiger partial charge in [-0.15, -0.1) is 0 Å². The number of hydrogen-bond donors (Lipinski definition) is 2. The van der Waals surface area contributed by atoms with Gasteiger partial charge in [-0.1, -0.05) is 6.07 Å². The van der Waals surface area contributed by atoms with Crippen molar-refractivity contribution < 1.29 is 28.3 Å². The Morgan fingerprint density at radius 3 is 2.67 bits per heavy atom. The zero-order valence-electron chi connectivity index (χ0n) is 14.8. The molecule has 0 aliphatic carbocycles. The second-order valence-corrected chi connectivity index (χ2v) is 7.01. The average Bonchev–Trinajstić information content (AvgIpc) is 2.91. The molecule has 3 amide bonds. The second-order valence-electron chi connectivity index (χ2n) is 7.01. The number of carbonyl (C=O) groups excluding carboxylic acids is 2. The van der Waals surface area contributed by atoms with Crippen molar-refractivity contribution in [2.24, 2.45) is 5.92 Å². The van der Waals surface area contributed by atoms with Gasteiger partial charge >= 0.3 is 12.0 Å². The Morgan fingerprint density at radius 1 is 1.26 bits per heavy atom. The molecule has 2 heterocycles. The summed E-state index contributed by atoms with van der Waals surface area (Å²) in [4.78, 5) is 38.7. The maximum absolute atomic E-state index is 13.6. The molecule has 3 unspecified atom stereocenters. The smallest absolute Gasteiger partial charge is 0.317 e. The van der Waals surface area contributed by atoms with E-state index in [-0.39, 0.29) is 18.9 Å². The summed E-state index contributed by atoms with van der Waals surface area (Å²) in [6, 6.07) is 1.69. The molecule has 9 heteroatoms. The summed E-state index contributed by atoms with van der Waals surface area (Å²) < 4.78 is 26.9. The van der Waals surface area contributed by atoms with Gasteiger partial charge in [0.15, 0.2) is 11.6 Å². The van der Waals surface area contributed by atoms with E-state index in [0.717, 1.165) is 12.1 Å². The van der Waals surface area contributed by atoms with Crippen LogP contribution in [0.15, 0.2) is 18.2 Å². The summed E-state index contributed by atoms with van der Waals surface area (Å²) in [6.45, 7) is 0.537. The number of likely N-dealkylation sites (tertiary alicyclic amines) is 2. The number of carboxylic acids is 1. The number of hydrogen-bond acceptors (Lipinski definition) is 3. The Balaban J connectivity index is 1.75. The van der Waals surface area contributed by atoms with E-state index in [2.05, 4.69) is 5.32 Å². The van der Waals surface area contributed by atoms with Crippen LogP contribution in [0.4, 0.5) is 13.6 Å². The zero-order valence-corrected chi connectivity index (χ0v) is 14.8. The molecular weight excluding hydrogens is 360 g/mol. The van der Waals surface area contributed by atoms with E-state index in [1.54, 1.807) is 7.05 Å². The molecule has 0 bridgehead atoms. The lowest BCUT2D eigenvalue weighted by atomic mass is 9.98. The summed E-state index contributed by atoms with van der Waals surface area (Å²) in [5, 5.41) is 11.9. The summed E-state index contributed by atoms with van der Waals surface area (Å²) in [6.07, 6.45) is 1.13. The summed E-state index contributed by atoms with van der Waals surface area (Å²) in [5.41, 5.74) is 0.384. The summed E-state index contributed by atoms with van der Waals surface area (Å²) in [7, 11) is 1.54. The molecule has 0 saturated carbocycles. The highest BCUT2D eigenvalue weighted by atomic mass is 19.2. The first-order chi connectivity index (χ1) is 12.8. The van der Waals surface area contributed by atoms with Crippen molar-refractivity contribution in [2.45, 2.75) is 31.3 Å². The molecule has 146 valence electrons. The molecule has 0 spiro atoms. The molecule has 3 rings (SSSR count). The Labute approximate surface area is 154 Å². The third-order valence-electron chi connectivity index (χ3n) is 5.24. The van der Waals surface area contributed by atoms with Gasteiger partial charge in [-0.3, -0.25) is 9.59 Å². The van der Waals surface area contributed by atoms with Crippen molar-refractivity contribution in [1.82, 2.24) is 15.1 Å². The largest absolute Gasteiger partial charge is 0.481 e. The van der Waals surface area contributed by atoms with Gasteiger partial charge in [-0.05, 0) is 30.5 Å². The van der Waals surface area contributed by atoms with E-state index in [1.165, 1.54) is 15.9 Å². The summed E-state index contributed by atoms with van der Waals surface area (Å²) in [5.74, 6) is -3.79. The monoisotopic (exact) mass is 381 g/mol.